The lowest BCUT2D eigenvalue weighted by Crippen LogP contribution is -2.51. The fraction of sp³-hybridized carbons (Fsp3) is 1.00. The van der Waals surface area contributed by atoms with Crippen LogP contribution in [0.2, 0.25) is 0 Å². The molecular weight excluding hydrogens is 232 g/mol. The first kappa shape index (κ1) is 15.3. The second kappa shape index (κ2) is 8.26. The van der Waals surface area contributed by atoms with E-state index >= 15 is 0 Å². The average Bonchev–Trinajstić information content (AvgIpc) is 2.44. The van der Waals surface area contributed by atoms with Crippen LogP contribution in [0.15, 0.2) is 0 Å². The van der Waals surface area contributed by atoms with E-state index < -0.39 is 0 Å². The second-order valence-corrected chi connectivity index (χ2v) is 6.93. The summed E-state index contributed by atoms with van der Waals surface area (Å²) in [7, 11) is 0. The van der Waals surface area contributed by atoms with Crippen LogP contribution in [0.25, 0.3) is 0 Å². The van der Waals surface area contributed by atoms with Gasteiger partial charge in [0.05, 0.1) is 0 Å². The number of hydrogen-bond donors (Lipinski definition) is 1. The quantitative estimate of drug-likeness (QED) is 0.705. The van der Waals surface area contributed by atoms with Crippen molar-refractivity contribution in [3.8, 4) is 0 Å². The minimum absolute atomic E-state index is 0.638. The molecule has 0 aliphatic carbocycles. The Kier molecular flexibility index (Phi) is 6.66. The van der Waals surface area contributed by atoms with Crippen molar-refractivity contribution in [1.82, 2.24) is 10.2 Å². The van der Waals surface area contributed by atoms with Gasteiger partial charge < -0.3 is 10.2 Å². The van der Waals surface area contributed by atoms with E-state index in [9.17, 15) is 0 Å². The molecule has 2 heteroatoms. The molecule has 2 nitrogen and oxygen atoms in total. The highest BCUT2D eigenvalue weighted by atomic mass is 15.1. The van der Waals surface area contributed by atoms with Crippen molar-refractivity contribution in [1.29, 1.82) is 0 Å². The van der Waals surface area contributed by atoms with Crippen LogP contribution < -0.4 is 5.32 Å². The molecule has 0 aromatic heterocycles. The molecular formula is C17H34N2. The molecule has 2 saturated heterocycles. The summed E-state index contributed by atoms with van der Waals surface area (Å²) in [5.74, 6) is 0. The number of rotatable bonds is 7. The summed E-state index contributed by atoms with van der Waals surface area (Å²) >= 11 is 0. The largest absolute Gasteiger partial charge is 0.316 e. The Bertz CT molecular complexity index is 228. The van der Waals surface area contributed by atoms with Crippen molar-refractivity contribution in [2.45, 2.75) is 71.1 Å². The zero-order valence-electron chi connectivity index (χ0n) is 13.1. The third kappa shape index (κ3) is 5.07. The zero-order chi connectivity index (χ0) is 13.4. The highest BCUT2D eigenvalue weighted by Gasteiger charge is 2.35. The first-order chi connectivity index (χ1) is 9.35. The SMILES string of the molecule is CCCCCCCCN1CCCC2(CCCNC2)C1. The summed E-state index contributed by atoms with van der Waals surface area (Å²) in [5, 5.41) is 3.63. The average molecular weight is 266 g/mol. The van der Waals surface area contributed by atoms with E-state index in [0.29, 0.717) is 5.41 Å². The number of hydrogen-bond acceptors (Lipinski definition) is 2. The summed E-state index contributed by atoms with van der Waals surface area (Å²) in [6, 6.07) is 0. The van der Waals surface area contributed by atoms with Crippen molar-refractivity contribution < 1.29 is 0 Å². The van der Waals surface area contributed by atoms with Crippen LogP contribution in [0, 0.1) is 5.41 Å². The molecule has 2 aliphatic heterocycles. The smallest absolute Gasteiger partial charge is 0.00502 e. The van der Waals surface area contributed by atoms with Crippen LogP contribution in [0.3, 0.4) is 0 Å². The molecule has 1 unspecified atom stereocenters. The first-order valence-corrected chi connectivity index (χ1v) is 8.78. The maximum absolute atomic E-state index is 3.63. The van der Waals surface area contributed by atoms with Crippen LogP contribution in [0.4, 0.5) is 0 Å². The standard InChI is InChI=1S/C17H34N2/c1-2-3-4-5-6-7-13-19-14-9-11-17(16-19)10-8-12-18-15-17/h18H,2-16H2,1H3. The van der Waals surface area contributed by atoms with Crippen molar-refractivity contribution in [3.05, 3.63) is 0 Å². The van der Waals surface area contributed by atoms with Crippen LogP contribution in [-0.2, 0) is 0 Å². The lowest BCUT2D eigenvalue weighted by Gasteiger charge is -2.45. The van der Waals surface area contributed by atoms with E-state index in [2.05, 4.69) is 17.1 Å². The molecule has 2 aliphatic rings. The fourth-order valence-corrected chi connectivity index (χ4v) is 4.00. The van der Waals surface area contributed by atoms with Crippen molar-refractivity contribution in [3.63, 3.8) is 0 Å². The maximum Gasteiger partial charge on any atom is 0.00502 e. The van der Waals surface area contributed by atoms with Gasteiger partial charge in [-0.1, -0.05) is 39.0 Å². The Balaban J connectivity index is 1.61. The lowest BCUT2D eigenvalue weighted by molar-refractivity contribution is 0.0636. The van der Waals surface area contributed by atoms with Crippen molar-refractivity contribution in [2.24, 2.45) is 5.41 Å². The molecule has 2 rings (SSSR count). The van der Waals surface area contributed by atoms with E-state index in [0.717, 1.165) is 0 Å². The number of unbranched alkanes of at least 4 members (excludes halogenated alkanes) is 5. The third-order valence-electron chi connectivity index (χ3n) is 5.13. The Hall–Kier alpha value is -0.0800. The normalized spacial score (nSPS) is 28.9. The molecule has 0 aromatic carbocycles. The Morgan fingerprint density at radius 3 is 2.58 bits per heavy atom. The Morgan fingerprint density at radius 2 is 1.79 bits per heavy atom. The molecule has 0 amide bonds. The van der Waals surface area contributed by atoms with Crippen molar-refractivity contribution >= 4 is 0 Å². The maximum atomic E-state index is 3.63. The Morgan fingerprint density at radius 1 is 1.00 bits per heavy atom. The number of nitrogens with zero attached hydrogens (tertiary/aromatic N) is 1. The number of nitrogens with one attached hydrogen (secondary N) is 1. The molecule has 1 spiro atoms. The van der Waals surface area contributed by atoms with Gasteiger partial charge in [0.2, 0.25) is 0 Å². The third-order valence-corrected chi connectivity index (χ3v) is 5.13. The molecule has 1 N–H and O–H groups in total. The van der Waals surface area contributed by atoms with Crippen LogP contribution in [0.5, 0.6) is 0 Å². The van der Waals surface area contributed by atoms with E-state index in [1.165, 1.54) is 96.9 Å². The van der Waals surface area contributed by atoms with Gasteiger partial charge >= 0.3 is 0 Å². The summed E-state index contributed by atoms with van der Waals surface area (Å²) in [4.78, 5) is 2.76. The van der Waals surface area contributed by atoms with Gasteiger partial charge in [-0.25, -0.2) is 0 Å². The molecule has 0 aromatic rings. The van der Waals surface area contributed by atoms with Crippen LogP contribution in [0.1, 0.15) is 71.1 Å². The summed E-state index contributed by atoms with van der Waals surface area (Å²) in [6.07, 6.45) is 14.3. The minimum Gasteiger partial charge on any atom is -0.316 e. The molecule has 2 fully saturated rings. The second-order valence-electron chi connectivity index (χ2n) is 6.93. The predicted molar refractivity (Wildman–Crippen MR) is 83.6 cm³/mol. The number of likely N-dealkylation sites (tertiary alicyclic amines) is 1. The molecule has 0 saturated carbocycles. The Labute approximate surface area is 120 Å². The van der Waals surface area contributed by atoms with Gasteiger partial charge in [-0.2, -0.15) is 0 Å². The van der Waals surface area contributed by atoms with Gasteiger partial charge in [-0.05, 0) is 57.2 Å². The van der Waals surface area contributed by atoms with Crippen LogP contribution in [-0.4, -0.2) is 37.6 Å². The molecule has 0 bridgehead atoms. The summed E-state index contributed by atoms with van der Waals surface area (Å²) < 4.78 is 0. The molecule has 2 heterocycles. The van der Waals surface area contributed by atoms with E-state index in [1.54, 1.807) is 0 Å². The first-order valence-electron chi connectivity index (χ1n) is 8.78. The van der Waals surface area contributed by atoms with Gasteiger partial charge in [-0.15, -0.1) is 0 Å². The van der Waals surface area contributed by atoms with Crippen LogP contribution >= 0.6 is 0 Å². The predicted octanol–water partition coefficient (Wildman–Crippen LogP) is 3.81. The van der Waals surface area contributed by atoms with E-state index in [-0.39, 0.29) is 0 Å². The zero-order valence-corrected chi connectivity index (χ0v) is 13.1. The highest BCUT2D eigenvalue weighted by molar-refractivity contribution is 4.91. The molecule has 0 radical (unpaired) electrons. The number of piperidine rings is 2. The van der Waals surface area contributed by atoms with E-state index in [4.69, 9.17) is 0 Å². The molecule has 1 atom stereocenters. The minimum atomic E-state index is 0.638. The fourth-order valence-electron chi connectivity index (χ4n) is 4.00. The summed E-state index contributed by atoms with van der Waals surface area (Å²) in [6.45, 7) is 8.91. The monoisotopic (exact) mass is 266 g/mol. The van der Waals surface area contributed by atoms with E-state index in [1.807, 2.05) is 0 Å². The summed E-state index contributed by atoms with van der Waals surface area (Å²) in [5.41, 5.74) is 0.638. The molecule has 19 heavy (non-hydrogen) atoms. The van der Waals surface area contributed by atoms with Gasteiger partial charge in [0, 0.05) is 13.1 Å². The van der Waals surface area contributed by atoms with Gasteiger partial charge in [-0.3, -0.25) is 0 Å². The highest BCUT2D eigenvalue weighted by Crippen LogP contribution is 2.35. The molecule has 112 valence electrons. The van der Waals surface area contributed by atoms with Gasteiger partial charge in [0.15, 0.2) is 0 Å². The van der Waals surface area contributed by atoms with Crippen molar-refractivity contribution in [2.75, 3.05) is 32.7 Å². The van der Waals surface area contributed by atoms with Gasteiger partial charge in [0.1, 0.15) is 0 Å². The topological polar surface area (TPSA) is 15.3 Å². The lowest BCUT2D eigenvalue weighted by atomic mass is 9.74. The van der Waals surface area contributed by atoms with Gasteiger partial charge in [0.25, 0.3) is 0 Å².